The number of hydrogen-bond acceptors (Lipinski definition) is 6. The summed E-state index contributed by atoms with van der Waals surface area (Å²) in [6.07, 6.45) is 5.29. The van der Waals surface area contributed by atoms with Gasteiger partial charge in [0, 0.05) is 24.4 Å². The van der Waals surface area contributed by atoms with Crippen molar-refractivity contribution in [2.45, 2.75) is 50.7 Å². The summed E-state index contributed by atoms with van der Waals surface area (Å²) in [5.41, 5.74) is 0.0485. The Hall–Kier alpha value is -0.720. The van der Waals surface area contributed by atoms with E-state index in [2.05, 4.69) is 21.6 Å². The van der Waals surface area contributed by atoms with E-state index in [-0.39, 0.29) is 11.7 Å². The summed E-state index contributed by atoms with van der Waals surface area (Å²) >= 11 is 1.36. The third-order valence-electron chi connectivity index (χ3n) is 3.88. The molecule has 6 heteroatoms. The van der Waals surface area contributed by atoms with E-state index < -0.39 is 0 Å². The molecule has 1 aromatic rings. The molecule has 19 heavy (non-hydrogen) atoms. The molecule has 2 aliphatic heterocycles. The lowest BCUT2D eigenvalue weighted by Gasteiger charge is -2.32. The zero-order chi connectivity index (χ0) is 13.1. The van der Waals surface area contributed by atoms with Gasteiger partial charge in [-0.2, -0.15) is 9.36 Å². The normalized spacial score (nSPS) is 25.8. The predicted octanol–water partition coefficient (Wildman–Crippen LogP) is 1.78. The van der Waals surface area contributed by atoms with Crippen molar-refractivity contribution in [2.75, 3.05) is 19.7 Å². The molecule has 0 aliphatic carbocycles. The van der Waals surface area contributed by atoms with Crippen molar-refractivity contribution in [1.82, 2.24) is 14.7 Å². The molecule has 0 aromatic carbocycles. The second-order valence-electron chi connectivity index (χ2n) is 5.41. The minimum atomic E-state index is 0.0485. The fraction of sp³-hybridized carbons (Fsp3) is 0.846. The maximum Gasteiger partial charge on any atom is 0.293 e. The molecule has 1 unspecified atom stereocenters. The van der Waals surface area contributed by atoms with Crippen LogP contribution in [0.15, 0.2) is 0 Å². The van der Waals surface area contributed by atoms with Gasteiger partial charge in [-0.3, -0.25) is 0 Å². The van der Waals surface area contributed by atoms with E-state index in [1.54, 1.807) is 0 Å². The minimum absolute atomic E-state index is 0.0485. The molecule has 1 spiro atoms. The molecular formula is C13H21N3O2S. The average molecular weight is 283 g/mol. The summed E-state index contributed by atoms with van der Waals surface area (Å²) < 4.78 is 16.2. The smallest absolute Gasteiger partial charge is 0.293 e. The van der Waals surface area contributed by atoms with E-state index in [0.717, 1.165) is 51.0 Å². The molecule has 1 atom stereocenters. The van der Waals surface area contributed by atoms with Crippen LogP contribution in [0.3, 0.4) is 0 Å². The number of aromatic nitrogens is 2. The highest BCUT2D eigenvalue weighted by atomic mass is 32.1. The molecule has 3 heterocycles. The Morgan fingerprint density at radius 3 is 3.11 bits per heavy atom. The van der Waals surface area contributed by atoms with Gasteiger partial charge >= 0.3 is 0 Å². The van der Waals surface area contributed by atoms with Crippen LogP contribution in [-0.4, -0.2) is 40.8 Å². The lowest BCUT2D eigenvalue weighted by molar-refractivity contribution is -0.0205. The number of nitrogens with zero attached hydrogens (tertiary/aromatic N) is 2. The maximum atomic E-state index is 6.01. The van der Waals surface area contributed by atoms with Crippen molar-refractivity contribution in [3.8, 4) is 5.19 Å². The zero-order valence-corrected chi connectivity index (χ0v) is 12.2. The van der Waals surface area contributed by atoms with Gasteiger partial charge in [-0.05, 0) is 32.4 Å². The molecule has 1 aromatic heterocycles. The summed E-state index contributed by atoms with van der Waals surface area (Å²) in [5.74, 6) is 0.901. The number of piperidine rings is 1. The highest BCUT2D eigenvalue weighted by Crippen LogP contribution is 2.35. The molecule has 2 fully saturated rings. The highest BCUT2D eigenvalue weighted by molar-refractivity contribution is 7.07. The van der Waals surface area contributed by atoms with Gasteiger partial charge in [0.05, 0.1) is 12.2 Å². The largest absolute Gasteiger partial charge is 0.463 e. The SMILES string of the molecule is CCCc1nsc(OC2COC3(CCNCC3)C2)n1. The summed E-state index contributed by atoms with van der Waals surface area (Å²) in [6, 6.07) is 0. The van der Waals surface area contributed by atoms with Crippen molar-refractivity contribution < 1.29 is 9.47 Å². The van der Waals surface area contributed by atoms with Gasteiger partial charge in [-0.25, -0.2) is 0 Å². The monoisotopic (exact) mass is 283 g/mol. The number of rotatable bonds is 4. The molecule has 106 valence electrons. The van der Waals surface area contributed by atoms with Gasteiger partial charge in [0.2, 0.25) is 0 Å². The van der Waals surface area contributed by atoms with Crippen molar-refractivity contribution in [1.29, 1.82) is 0 Å². The van der Waals surface area contributed by atoms with E-state index in [9.17, 15) is 0 Å². The Bertz CT molecular complexity index is 418. The molecule has 1 N–H and O–H groups in total. The summed E-state index contributed by atoms with van der Waals surface area (Å²) in [4.78, 5) is 4.41. The van der Waals surface area contributed by atoms with Crippen LogP contribution in [-0.2, 0) is 11.2 Å². The third-order valence-corrected chi connectivity index (χ3v) is 4.53. The molecule has 3 rings (SSSR count). The Balaban J connectivity index is 1.55. The number of ether oxygens (including phenoxy) is 2. The first-order valence-electron chi connectivity index (χ1n) is 7.14. The topological polar surface area (TPSA) is 56.3 Å². The van der Waals surface area contributed by atoms with Crippen LogP contribution in [0, 0.1) is 0 Å². The van der Waals surface area contributed by atoms with Gasteiger partial charge in [-0.15, -0.1) is 0 Å². The lowest BCUT2D eigenvalue weighted by atomic mass is 9.89. The van der Waals surface area contributed by atoms with Gasteiger partial charge in [0.1, 0.15) is 11.9 Å². The van der Waals surface area contributed by atoms with E-state index in [4.69, 9.17) is 9.47 Å². The summed E-state index contributed by atoms with van der Waals surface area (Å²) in [6.45, 7) is 4.91. The summed E-state index contributed by atoms with van der Waals surface area (Å²) in [7, 11) is 0. The van der Waals surface area contributed by atoms with Gasteiger partial charge in [0.25, 0.3) is 5.19 Å². The van der Waals surface area contributed by atoms with E-state index in [1.807, 2.05) is 0 Å². The second kappa shape index (κ2) is 5.73. The molecule has 0 radical (unpaired) electrons. The highest BCUT2D eigenvalue weighted by Gasteiger charge is 2.42. The van der Waals surface area contributed by atoms with Crippen LogP contribution in [0.1, 0.15) is 38.4 Å². The summed E-state index contributed by atoms with van der Waals surface area (Å²) in [5, 5.41) is 4.07. The minimum Gasteiger partial charge on any atom is -0.463 e. The Morgan fingerprint density at radius 2 is 2.32 bits per heavy atom. The van der Waals surface area contributed by atoms with Crippen LogP contribution >= 0.6 is 11.5 Å². The molecular weight excluding hydrogens is 262 g/mol. The van der Waals surface area contributed by atoms with Crippen LogP contribution in [0.2, 0.25) is 0 Å². The average Bonchev–Trinajstić information content (AvgIpc) is 3.00. The van der Waals surface area contributed by atoms with Crippen molar-refractivity contribution >= 4 is 11.5 Å². The number of aryl methyl sites for hydroxylation is 1. The van der Waals surface area contributed by atoms with Crippen molar-refractivity contribution in [3.05, 3.63) is 5.82 Å². The van der Waals surface area contributed by atoms with E-state index in [1.165, 1.54) is 11.5 Å². The molecule has 0 bridgehead atoms. The van der Waals surface area contributed by atoms with Crippen LogP contribution in [0.25, 0.3) is 0 Å². The first kappa shape index (κ1) is 13.3. The number of hydrogen-bond donors (Lipinski definition) is 1. The van der Waals surface area contributed by atoms with Crippen molar-refractivity contribution in [3.63, 3.8) is 0 Å². The predicted molar refractivity (Wildman–Crippen MR) is 73.7 cm³/mol. The lowest BCUT2D eigenvalue weighted by Crippen LogP contribution is -2.41. The Morgan fingerprint density at radius 1 is 1.47 bits per heavy atom. The van der Waals surface area contributed by atoms with E-state index in [0.29, 0.717) is 11.8 Å². The van der Waals surface area contributed by atoms with Gasteiger partial charge in [-0.1, -0.05) is 6.92 Å². The first-order valence-corrected chi connectivity index (χ1v) is 7.91. The van der Waals surface area contributed by atoms with Gasteiger partial charge in [0.15, 0.2) is 0 Å². The first-order chi connectivity index (χ1) is 9.30. The Kier molecular flexibility index (Phi) is 4.00. The van der Waals surface area contributed by atoms with Crippen LogP contribution in [0.4, 0.5) is 0 Å². The maximum absolute atomic E-state index is 6.01. The zero-order valence-electron chi connectivity index (χ0n) is 11.4. The fourth-order valence-corrected chi connectivity index (χ4v) is 3.50. The molecule has 0 saturated carbocycles. The molecule has 2 saturated heterocycles. The van der Waals surface area contributed by atoms with Crippen molar-refractivity contribution in [2.24, 2.45) is 0 Å². The Labute approximate surface area is 117 Å². The molecule has 2 aliphatic rings. The standard InChI is InChI=1S/C13H21N3O2S/c1-2-3-11-15-12(19-16-11)18-10-8-13(17-9-10)4-6-14-7-5-13/h10,14H,2-9H2,1H3. The number of nitrogens with one attached hydrogen (secondary N) is 1. The molecule has 5 nitrogen and oxygen atoms in total. The molecule has 0 amide bonds. The van der Waals surface area contributed by atoms with E-state index >= 15 is 0 Å². The third kappa shape index (κ3) is 3.07. The van der Waals surface area contributed by atoms with Crippen LogP contribution in [0.5, 0.6) is 5.19 Å². The fourth-order valence-electron chi connectivity index (χ4n) is 2.86. The second-order valence-corrected chi connectivity index (χ2v) is 6.13. The quantitative estimate of drug-likeness (QED) is 0.913. The van der Waals surface area contributed by atoms with Crippen LogP contribution < -0.4 is 10.1 Å². The van der Waals surface area contributed by atoms with Gasteiger partial charge < -0.3 is 14.8 Å².